The van der Waals surface area contributed by atoms with Gasteiger partial charge in [-0.2, -0.15) is 0 Å². The molecule has 1 aliphatic rings. The highest BCUT2D eigenvalue weighted by Gasteiger charge is 2.21. The molecule has 1 aromatic carbocycles. The van der Waals surface area contributed by atoms with Crippen LogP contribution in [0.15, 0.2) is 53.1 Å². The number of hydrogen-bond donors (Lipinski definition) is 1. The number of benzene rings is 1. The zero-order valence-corrected chi connectivity index (χ0v) is 15.1. The molecule has 1 saturated carbocycles. The number of amides is 1. The summed E-state index contributed by atoms with van der Waals surface area (Å²) in [6.07, 6.45) is 9.59. The Morgan fingerprint density at radius 1 is 1.12 bits per heavy atom. The summed E-state index contributed by atoms with van der Waals surface area (Å²) in [4.78, 5) is 12.9. The maximum atomic E-state index is 12.9. The van der Waals surface area contributed by atoms with E-state index < -0.39 is 0 Å². The van der Waals surface area contributed by atoms with Crippen LogP contribution in [0.1, 0.15) is 54.6 Å². The van der Waals surface area contributed by atoms with E-state index in [1.807, 2.05) is 18.2 Å². The highest BCUT2D eigenvalue weighted by molar-refractivity contribution is 5.97. The van der Waals surface area contributed by atoms with E-state index >= 15 is 0 Å². The van der Waals surface area contributed by atoms with Gasteiger partial charge in [-0.1, -0.05) is 49.6 Å². The summed E-state index contributed by atoms with van der Waals surface area (Å²) in [5.41, 5.74) is 3.85. The highest BCUT2D eigenvalue weighted by Crippen LogP contribution is 2.23. The molecule has 4 heteroatoms. The Labute approximate surface area is 154 Å². The van der Waals surface area contributed by atoms with Crippen molar-refractivity contribution in [1.82, 2.24) is 9.88 Å². The Morgan fingerprint density at radius 3 is 2.73 bits per heavy atom. The number of hydrogen-bond acceptors (Lipinski definition) is 2. The minimum absolute atomic E-state index is 0.0306. The lowest BCUT2D eigenvalue weighted by atomic mass is 9.95. The van der Waals surface area contributed by atoms with Crippen LogP contribution in [0.2, 0.25) is 0 Å². The van der Waals surface area contributed by atoms with Crippen molar-refractivity contribution in [2.24, 2.45) is 0 Å². The molecule has 0 radical (unpaired) electrons. The van der Waals surface area contributed by atoms with Gasteiger partial charge >= 0.3 is 0 Å². The van der Waals surface area contributed by atoms with E-state index in [0.717, 1.165) is 49.0 Å². The lowest BCUT2D eigenvalue weighted by molar-refractivity contribution is 0.0918. The van der Waals surface area contributed by atoms with E-state index in [2.05, 4.69) is 34.1 Å². The summed E-state index contributed by atoms with van der Waals surface area (Å²) >= 11 is 0. The molecule has 0 saturated heterocycles. The van der Waals surface area contributed by atoms with Crippen LogP contribution in [0, 0.1) is 0 Å². The summed E-state index contributed by atoms with van der Waals surface area (Å²) in [6.45, 7) is 0.811. The molecule has 26 heavy (non-hydrogen) atoms. The van der Waals surface area contributed by atoms with Crippen molar-refractivity contribution in [2.45, 2.75) is 57.5 Å². The van der Waals surface area contributed by atoms with Crippen molar-refractivity contribution >= 4 is 17.0 Å². The smallest absolute Gasteiger partial charge is 0.268 e. The lowest BCUT2D eigenvalue weighted by Crippen LogP contribution is -2.37. The number of rotatable bonds is 6. The van der Waals surface area contributed by atoms with Gasteiger partial charge < -0.3 is 14.3 Å². The number of carbonyl (C=O) groups is 1. The van der Waals surface area contributed by atoms with Crippen molar-refractivity contribution in [3.63, 3.8) is 0 Å². The van der Waals surface area contributed by atoms with Gasteiger partial charge in [-0.25, -0.2) is 0 Å². The predicted molar refractivity (Wildman–Crippen MR) is 103 cm³/mol. The molecule has 4 nitrogen and oxygen atoms in total. The molecule has 1 fully saturated rings. The molecule has 2 aromatic heterocycles. The molecule has 0 atom stereocenters. The van der Waals surface area contributed by atoms with Crippen LogP contribution in [0.25, 0.3) is 11.1 Å². The monoisotopic (exact) mass is 350 g/mol. The Morgan fingerprint density at radius 2 is 1.92 bits per heavy atom. The number of nitrogens with zero attached hydrogens (tertiary/aromatic N) is 1. The van der Waals surface area contributed by atoms with Crippen LogP contribution in [0.5, 0.6) is 0 Å². The van der Waals surface area contributed by atoms with Crippen molar-refractivity contribution in [2.75, 3.05) is 0 Å². The molecule has 0 bridgehead atoms. The second kappa shape index (κ2) is 7.81. The predicted octanol–water partition coefficient (Wildman–Crippen LogP) is 4.93. The minimum Gasteiger partial charge on any atom is -0.463 e. The summed E-state index contributed by atoms with van der Waals surface area (Å²) < 4.78 is 7.65. The fourth-order valence-electron chi connectivity index (χ4n) is 4.00. The summed E-state index contributed by atoms with van der Waals surface area (Å²) in [6, 6.07) is 14.6. The minimum atomic E-state index is 0.0306. The molecular weight excluding hydrogens is 324 g/mol. The Kier molecular flexibility index (Phi) is 5.09. The molecule has 1 amide bonds. The van der Waals surface area contributed by atoms with Crippen LogP contribution < -0.4 is 5.32 Å². The largest absolute Gasteiger partial charge is 0.463 e. The molecule has 0 unspecified atom stereocenters. The third-order valence-corrected chi connectivity index (χ3v) is 5.39. The number of carbonyl (C=O) groups excluding carboxylic acids is 1. The maximum Gasteiger partial charge on any atom is 0.268 e. The molecule has 0 aliphatic heterocycles. The van der Waals surface area contributed by atoms with Gasteiger partial charge in [0.05, 0.1) is 11.8 Å². The number of aryl methyl sites for hydroxylation is 2. The molecule has 3 aromatic rings. The van der Waals surface area contributed by atoms with Gasteiger partial charge in [0.2, 0.25) is 0 Å². The fourth-order valence-corrected chi connectivity index (χ4v) is 4.00. The molecule has 136 valence electrons. The first-order valence-corrected chi connectivity index (χ1v) is 9.73. The van der Waals surface area contributed by atoms with Crippen LogP contribution in [-0.4, -0.2) is 16.5 Å². The fraction of sp³-hybridized carbons (Fsp3) is 0.409. The SMILES string of the molecule is O=C(NC1CCCCC1)c1cc2occc2n1CCCc1ccccc1. The van der Waals surface area contributed by atoms with E-state index in [0.29, 0.717) is 6.04 Å². The van der Waals surface area contributed by atoms with Gasteiger partial charge in [-0.05, 0) is 31.2 Å². The number of aromatic nitrogens is 1. The topological polar surface area (TPSA) is 47.2 Å². The molecule has 1 aliphatic carbocycles. The van der Waals surface area contributed by atoms with E-state index in [-0.39, 0.29) is 5.91 Å². The zero-order valence-electron chi connectivity index (χ0n) is 15.1. The Bertz CT molecular complexity index is 857. The summed E-state index contributed by atoms with van der Waals surface area (Å²) in [5.74, 6) is 0.0306. The summed E-state index contributed by atoms with van der Waals surface area (Å²) in [5, 5.41) is 3.23. The first-order valence-electron chi connectivity index (χ1n) is 9.73. The Balaban J connectivity index is 1.48. The van der Waals surface area contributed by atoms with Gasteiger partial charge in [0.15, 0.2) is 5.58 Å². The lowest BCUT2D eigenvalue weighted by Gasteiger charge is -2.23. The van der Waals surface area contributed by atoms with Crippen molar-refractivity contribution < 1.29 is 9.21 Å². The third-order valence-electron chi connectivity index (χ3n) is 5.39. The van der Waals surface area contributed by atoms with Gasteiger partial charge in [0.25, 0.3) is 5.91 Å². The number of furan rings is 1. The Hall–Kier alpha value is -2.49. The average Bonchev–Trinajstić information content (AvgIpc) is 3.26. The van der Waals surface area contributed by atoms with Gasteiger partial charge in [-0.3, -0.25) is 4.79 Å². The second-order valence-electron chi connectivity index (χ2n) is 7.25. The van der Waals surface area contributed by atoms with Gasteiger partial charge in [0.1, 0.15) is 5.69 Å². The third kappa shape index (κ3) is 3.69. The summed E-state index contributed by atoms with van der Waals surface area (Å²) in [7, 11) is 0. The van der Waals surface area contributed by atoms with Gasteiger partial charge in [-0.15, -0.1) is 0 Å². The molecule has 4 rings (SSSR count). The van der Waals surface area contributed by atoms with E-state index in [1.54, 1.807) is 6.26 Å². The van der Waals surface area contributed by atoms with Crippen molar-refractivity contribution in [3.8, 4) is 0 Å². The molecule has 2 heterocycles. The van der Waals surface area contributed by atoms with Crippen LogP contribution in [-0.2, 0) is 13.0 Å². The molecule has 0 spiro atoms. The van der Waals surface area contributed by atoms with Crippen LogP contribution in [0.3, 0.4) is 0 Å². The maximum absolute atomic E-state index is 12.9. The van der Waals surface area contributed by atoms with E-state index in [9.17, 15) is 4.79 Å². The number of fused-ring (bicyclic) bond motifs is 1. The normalized spacial score (nSPS) is 15.4. The first kappa shape index (κ1) is 17.0. The molecular formula is C22H26N2O2. The van der Waals surface area contributed by atoms with Crippen LogP contribution in [0.4, 0.5) is 0 Å². The number of nitrogens with one attached hydrogen (secondary N) is 1. The zero-order chi connectivity index (χ0) is 17.8. The average molecular weight is 350 g/mol. The molecule has 1 N–H and O–H groups in total. The standard InChI is InChI=1S/C22H26N2O2/c25-22(23-18-11-5-2-6-12-18)20-16-21-19(13-15-26-21)24(20)14-7-10-17-8-3-1-4-9-17/h1,3-4,8-9,13,15-16,18H,2,5-7,10-12,14H2,(H,23,25). The van der Waals surface area contributed by atoms with E-state index in [4.69, 9.17) is 4.42 Å². The van der Waals surface area contributed by atoms with Crippen molar-refractivity contribution in [3.05, 3.63) is 60.0 Å². The van der Waals surface area contributed by atoms with Gasteiger partial charge in [0, 0.05) is 24.7 Å². The van der Waals surface area contributed by atoms with Crippen molar-refractivity contribution in [1.29, 1.82) is 0 Å². The quantitative estimate of drug-likeness (QED) is 0.685. The first-order chi connectivity index (χ1) is 12.8. The van der Waals surface area contributed by atoms with Crippen LogP contribution >= 0.6 is 0 Å². The second-order valence-corrected chi connectivity index (χ2v) is 7.25. The highest BCUT2D eigenvalue weighted by atomic mass is 16.3. The van der Waals surface area contributed by atoms with E-state index in [1.165, 1.54) is 24.8 Å².